The van der Waals surface area contributed by atoms with Crippen molar-refractivity contribution in [1.82, 2.24) is 35.3 Å². The molecule has 0 unspecified atom stereocenters. The fourth-order valence-electron chi connectivity index (χ4n) is 4.12. The Hall–Kier alpha value is -3.71. The van der Waals surface area contributed by atoms with Crippen LogP contribution in [0, 0.1) is 0 Å². The van der Waals surface area contributed by atoms with Gasteiger partial charge in [0.1, 0.15) is 10.0 Å². The summed E-state index contributed by atoms with van der Waals surface area (Å²) < 4.78 is 0. The molecule has 2 N–H and O–H groups in total. The third-order valence-corrected chi connectivity index (χ3v) is 7.78. The molecule has 4 heterocycles. The molecule has 0 bridgehead atoms. The Bertz CT molecular complexity index is 1210. The maximum absolute atomic E-state index is 12.3. The fourth-order valence-corrected chi connectivity index (χ4v) is 5.93. The number of nitrogens with one attached hydrogen (secondary N) is 2. The van der Waals surface area contributed by atoms with E-state index in [1.807, 2.05) is 18.2 Å². The normalized spacial score (nSPS) is 17.4. The number of aromatic nitrogens is 7. The molecule has 0 saturated heterocycles. The van der Waals surface area contributed by atoms with Gasteiger partial charge in [0.25, 0.3) is 0 Å². The van der Waals surface area contributed by atoms with Crippen molar-refractivity contribution in [2.45, 2.75) is 50.4 Å². The molecule has 1 aliphatic carbocycles. The Morgan fingerprint density at radius 1 is 0.806 bits per heavy atom. The van der Waals surface area contributed by atoms with Crippen molar-refractivity contribution in [2.75, 3.05) is 10.6 Å². The molecule has 2 amide bonds. The molecule has 11 nitrogen and oxygen atoms in total. The summed E-state index contributed by atoms with van der Waals surface area (Å²) >= 11 is 2.82. The highest BCUT2D eigenvalue weighted by Gasteiger charge is 2.29. The van der Waals surface area contributed by atoms with Crippen LogP contribution >= 0.6 is 22.7 Å². The first-order chi connectivity index (χ1) is 17.6. The van der Waals surface area contributed by atoms with Crippen LogP contribution in [-0.2, 0) is 22.4 Å². The van der Waals surface area contributed by atoms with Crippen LogP contribution in [0.4, 0.5) is 10.3 Å². The van der Waals surface area contributed by atoms with Gasteiger partial charge in [0.15, 0.2) is 0 Å². The van der Waals surface area contributed by atoms with Gasteiger partial charge in [-0.25, -0.2) is 0 Å². The topological polar surface area (TPSA) is 148 Å². The third-order valence-electron chi connectivity index (χ3n) is 5.77. The number of anilines is 2. The van der Waals surface area contributed by atoms with Gasteiger partial charge in [0.2, 0.25) is 22.1 Å². The maximum atomic E-state index is 12.3. The molecule has 13 heteroatoms. The minimum absolute atomic E-state index is 0.131. The number of pyridine rings is 1. The molecule has 1 fully saturated rings. The van der Waals surface area contributed by atoms with E-state index in [1.165, 1.54) is 22.7 Å². The van der Waals surface area contributed by atoms with Crippen molar-refractivity contribution in [1.29, 1.82) is 0 Å². The van der Waals surface area contributed by atoms with Gasteiger partial charge in [-0.2, -0.15) is 0 Å². The van der Waals surface area contributed by atoms with Gasteiger partial charge in [0.05, 0.1) is 18.5 Å². The van der Waals surface area contributed by atoms with Crippen LogP contribution in [0.3, 0.4) is 0 Å². The quantitative estimate of drug-likeness (QED) is 0.356. The molecule has 0 spiro atoms. The summed E-state index contributed by atoms with van der Waals surface area (Å²) in [5, 5.41) is 25.5. The zero-order valence-electron chi connectivity index (χ0n) is 19.2. The second kappa shape index (κ2) is 11.4. The summed E-state index contributed by atoms with van der Waals surface area (Å²) in [5.41, 5.74) is 1.30. The Labute approximate surface area is 214 Å². The van der Waals surface area contributed by atoms with Crippen LogP contribution < -0.4 is 10.6 Å². The molecule has 1 saturated carbocycles. The fraction of sp³-hybridized carbons (Fsp3) is 0.348. The van der Waals surface area contributed by atoms with Gasteiger partial charge < -0.3 is 10.6 Å². The average molecular weight is 522 g/mol. The Kier molecular flexibility index (Phi) is 7.57. The van der Waals surface area contributed by atoms with Crippen LogP contribution in [-0.4, -0.2) is 47.2 Å². The monoisotopic (exact) mass is 521 g/mol. The number of hydrogen-bond acceptors (Lipinski definition) is 11. The largest absolute Gasteiger partial charge is 0.300 e. The van der Waals surface area contributed by atoms with Crippen molar-refractivity contribution < 1.29 is 9.59 Å². The summed E-state index contributed by atoms with van der Waals surface area (Å²) in [7, 11) is 0. The first kappa shape index (κ1) is 24.0. The van der Waals surface area contributed by atoms with Crippen molar-refractivity contribution >= 4 is 44.8 Å². The smallest absolute Gasteiger partial charge is 0.232 e. The summed E-state index contributed by atoms with van der Waals surface area (Å²) in [4.78, 5) is 36.9. The molecule has 2 atom stereocenters. The van der Waals surface area contributed by atoms with Gasteiger partial charge >= 0.3 is 0 Å². The standard InChI is InChI=1S/C23H23N9O2S2/c33-18(11-16-6-1-2-7-25-16)27-22-31-29-20(35-22)14-4-3-5-15(10-14)21-30-32-23(36-21)28-19(34)12-17-13-24-8-9-26-17/h1-2,6-9,13-15H,3-5,10-12H2,(H,27,31,33)(H,28,32,34)/t14-,15-/m1/s1. The van der Waals surface area contributed by atoms with Gasteiger partial charge in [-0.1, -0.05) is 35.2 Å². The molecule has 0 radical (unpaired) electrons. The SMILES string of the molecule is O=C(Cc1ccccn1)Nc1nnc([C@@H]2CCC[C@@H](c3nnc(NC(=O)Cc4cnccn4)s3)C2)s1. The zero-order chi connectivity index (χ0) is 24.7. The lowest BCUT2D eigenvalue weighted by Gasteiger charge is -2.25. The van der Waals surface area contributed by atoms with Crippen LogP contribution in [0.2, 0.25) is 0 Å². The highest BCUT2D eigenvalue weighted by molar-refractivity contribution is 7.15. The Morgan fingerprint density at radius 2 is 1.44 bits per heavy atom. The second-order valence-electron chi connectivity index (χ2n) is 8.42. The molecular formula is C23H23N9O2S2. The molecule has 36 heavy (non-hydrogen) atoms. The van der Waals surface area contributed by atoms with Crippen molar-refractivity contribution in [3.63, 3.8) is 0 Å². The van der Waals surface area contributed by atoms with Crippen molar-refractivity contribution in [3.8, 4) is 0 Å². The highest BCUT2D eigenvalue weighted by atomic mass is 32.1. The molecule has 1 aliphatic rings. The van der Waals surface area contributed by atoms with E-state index in [9.17, 15) is 9.59 Å². The first-order valence-electron chi connectivity index (χ1n) is 11.5. The number of carbonyl (C=O) groups excluding carboxylic acids is 2. The van der Waals surface area contributed by atoms with Crippen LogP contribution in [0.25, 0.3) is 0 Å². The van der Waals surface area contributed by atoms with Crippen molar-refractivity contribution in [2.24, 2.45) is 0 Å². The summed E-state index contributed by atoms with van der Waals surface area (Å²) in [6, 6.07) is 5.48. The van der Waals surface area contributed by atoms with Crippen LogP contribution in [0.5, 0.6) is 0 Å². The number of rotatable bonds is 8. The third kappa shape index (κ3) is 6.29. The lowest BCUT2D eigenvalue weighted by Crippen LogP contribution is -2.15. The maximum Gasteiger partial charge on any atom is 0.232 e. The summed E-state index contributed by atoms with van der Waals surface area (Å²) in [6.45, 7) is 0. The number of amides is 2. The van der Waals surface area contributed by atoms with Crippen LogP contribution in [0.15, 0.2) is 43.0 Å². The number of hydrogen-bond donors (Lipinski definition) is 2. The Balaban J connectivity index is 1.15. The molecule has 5 rings (SSSR count). The summed E-state index contributed by atoms with van der Waals surface area (Å²) in [5.74, 6) is 0.103. The van der Waals surface area contributed by atoms with Gasteiger partial charge in [-0.3, -0.25) is 24.5 Å². The van der Waals surface area contributed by atoms with E-state index >= 15 is 0 Å². The molecule has 0 aromatic carbocycles. The lowest BCUT2D eigenvalue weighted by molar-refractivity contribution is -0.116. The minimum atomic E-state index is -0.203. The molecule has 184 valence electrons. The number of carbonyl (C=O) groups is 2. The predicted octanol–water partition coefficient (Wildman–Crippen LogP) is 3.38. The van der Waals surface area contributed by atoms with Crippen LogP contribution in [0.1, 0.15) is 58.9 Å². The summed E-state index contributed by atoms with van der Waals surface area (Å²) in [6.07, 6.45) is 10.6. The molecule has 4 aromatic rings. The average Bonchev–Trinajstić information content (AvgIpc) is 3.55. The van der Waals surface area contributed by atoms with E-state index in [1.54, 1.807) is 24.8 Å². The second-order valence-corrected chi connectivity index (χ2v) is 10.4. The van der Waals surface area contributed by atoms with E-state index in [-0.39, 0.29) is 36.5 Å². The van der Waals surface area contributed by atoms with Gasteiger partial charge in [0, 0.05) is 42.3 Å². The van der Waals surface area contributed by atoms with Gasteiger partial charge in [-0.05, 0) is 31.4 Å². The minimum Gasteiger partial charge on any atom is -0.300 e. The number of nitrogens with zero attached hydrogens (tertiary/aromatic N) is 7. The van der Waals surface area contributed by atoms with E-state index in [4.69, 9.17) is 0 Å². The van der Waals surface area contributed by atoms with Gasteiger partial charge in [-0.15, -0.1) is 20.4 Å². The Morgan fingerprint density at radius 3 is 2.03 bits per heavy atom. The predicted molar refractivity (Wildman–Crippen MR) is 135 cm³/mol. The lowest BCUT2D eigenvalue weighted by atomic mass is 9.82. The van der Waals surface area contributed by atoms with E-state index in [0.29, 0.717) is 21.7 Å². The van der Waals surface area contributed by atoms with E-state index < -0.39 is 0 Å². The molecule has 4 aromatic heterocycles. The van der Waals surface area contributed by atoms with E-state index in [0.717, 1.165) is 35.7 Å². The molecular weight excluding hydrogens is 498 g/mol. The van der Waals surface area contributed by atoms with E-state index in [2.05, 4.69) is 46.0 Å². The highest BCUT2D eigenvalue weighted by Crippen LogP contribution is 2.43. The molecule has 0 aliphatic heterocycles. The zero-order valence-corrected chi connectivity index (χ0v) is 20.8. The van der Waals surface area contributed by atoms with Crippen molar-refractivity contribution in [3.05, 3.63) is 64.4 Å². The first-order valence-corrected chi connectivity index (χ1v) is 13.2.